The Balaban J connectivity index is 1.71. The predicted molar refractivity (Wildman–Crippen MR) is 97.7 cm³/mol. The molecule has 134 valence electrons. The number of hydrogen-bond acceptors (Lipinski definition) is 4. The van der Waals surface area contributed by atoms with Gasteiger partial charge in [-0.05, 0) is 30.7 Å². The van der Waals surface area contributed by atoms with E-state index in [4.69, 9.17) is 5.14 Å². The molecule has 0 aliphatic carbocycles. The summed E-state index contributed by atoms with van der Waals surface area (Å²) in [4.78, 5) is 12.4. The van der Waals surface area contributed by atoms with Gasteiger partial charge in [-0.1, -0.05) is 42.5 Å². The molecular weight excluding hydrogens is 352 g/mol. The van der Waals surface area contributed by atoms with E-state index in [1.54, 1.807) is 25.1 Å². The van der Waals surface area contributed by atoms with Crippen molar-refractivity contribution >= 4 is 15.9 Å². The number of nitrogens with zero attached hydrogens (tertiary/aromatic N) is 1. The molecule has 7 nitrogen and oxygen atoms in total. The Kier molecular flexibility index (Phi) is 4.88. The van der Waals surface area contributed by atoms with Gasteiger partial charge in [0.2, 0.25) is 10.0 Å². The Bertz CT molecular complexity index is 1010. The van der Waals surface area contributed by atoms with E-state index in [0.29, 0.717) is 11.4 Å². The second-order valence-electron chi connectivity index (χ2n) is 5.84. The topological polar surface area (TPSA) is 118 Å². The Morgan fingerprint density at radius 1 is 1.12 bits per heavy atom. The van der Waals surface area contributed by atoms with Crippen molar-refractivity contribution in [2.45, 2.75) is 17.9 Å². The van der Waals surface area contributed by atoms with E-state index in [-0.39, 0.29) is 16.8 Å². The highest BCUT2D eigenvalue weighted by atomic mass is 32.2. The van der Waals surface area contributed by atoms with Gasteiger partial charge in [0.25, 0.3) is 5.91 Å². The summed E-state index contributed by atoms with van der Waals surface area (Å²) < 4.78 is 22.6. The number of nitrogens with one attached hydrogen (secondary N) is 2. The second kappa shape index (κ2) is 7.11. The number of rotatable bonds is 5. The lowest BCUT2D eigenvalue weighted by Gasteiger charge is -2.14. The van der Waals surface area contributed by atoms with Crippen molar-refractivity contribution in [3.05, 3.63) is 71.9 Å². The van der Waals surface area contributed by atoms with E-state index in [1.807, 2.05) is 30.3 Å². The number of primary sulfonamides is 1. The van der Waals surface area contributed by atoms with Gasteiger partial charge in [-0.2, -0.15) is 5.10 Å². The zero-order valence-corrected chi connectivity index (χ0v) is 14.8. The van der Waals surface area contributed by atoms with Crippen LogP contribution in [-0.4, -0.2) is 24.5 Å². The zero-order valence-electron chi connectivity index (χ0n) is 14.0. The number of amides is 1. The van der Waals surface area contributed by atoms with Crippen LogP contribution in [0.15, 0.2) is 65.6 Å². The van der Waals surface area contributed by atoms with Crippen LogP contribution in [0.1, 0.15) is 29.0 Å². The van der Waals surface area contributed by atoms with Gasteiger partial charge in [0.15, 0.2) is 0 Å². The van der Waals surface area contributed by atoms with Crippen molar-refractivity contribution in [1.82, 2.24) is 15.5 Å². The molecule has 0 spiro atoms. The molecule has 0 unspecified atom stereocenters. The van der Waals surface area contributed by atoms with Gasteiger partial charge in [-0.25, -0.2) is 13.6 Å². The smallest absolute Gasteiger partial charge is 0.269 e. The van der Waals surface area contributed by atoms with Crippen LogP contribution in [0.2, 0.25) is 0 Å². The van der Waals surface area contributed by atoms with E-state index in [2.05, 4.69) is 15.5 Å². The van der Waals surface area contributed by atoms with Crippen molar-refractivity contribution in [3.63, 3.8) is 0 Å². The number of aromatic nitrogens is 2. The molecule has 0 aliphatic heterocycles. The summed E-state index contributed by atoms with van der Waals surface area (Å²) >= 11 is 0. The van der Waals surface area contributed by atoms with E-state index < -0.39 is 10.0 Å². The Morgan fingerprint density at radius 3 is 2.38 bits per heavy atom. The molecule has 26 heavy (non-hydrogen) atoms. The number of benzene rings is 2. The molecule has 3 aromatic rings. The Hall–Kier alpha value is -2.97. The van der Waals surface area contributed by atoms with Gasteiger partial charge in [-0.3, -0.25) is 9.89 Å². The number of H-pyrrole nitrogens is 1. The number of sulfonamides is 1. The molecule has 1 amide bonds. The number of hydrogen-bond donors (Lipinski definition) is 3. The summed E-state index contributed by atoms with van der Waals surface area (Å²) in [5, 5.41) is 14.8. The predicted octanol–water partition coefficient (Wildman–Crippen LogP) is 2.22. The highest BCUT2D eigenvalue weighted by Crippen LogP contribution is 2.19. The summed E-state index contributed by atoms with van der Waals surface area (Å²) in [6, 6.07) is 17.0. The normalized spacial score (nSPS) is 12.5. The van der Waals surface area contributed by atoms with Crippen LogP contribution in [0.3, 0.4) is 0 Å². The monoisotopic (exact) mass is 370 g/mol. The van der Waals surface area contributed by atoms with Gasteiger partial charge in [0.05, 0.1) is 16.6 Å². The van der Waals surface area contributed by atoms with Crippen molar-refractivity contribution in [1.29, 1.82) is 0 Å². The maximum atomic E-state index is 12.4. The Morgan fingerprint density at radius 2 is 1.77 bits per heavy atom. The van der Waals surface area contributed by atoms with Crippen LogP contribution in [0.25, 0.3) is 11.3 Å². The third-order valence-corrected chi connectivity index (χ3v) is 4.88. The molecule has 4 N–H and O–H groups in total. The average Bonchev–Trinajstić information content (AvgIpc) is 3.12. The van der Waals surface area contributed by atoms with Crippen molar-refractivity contribution in [2.75, 3.05) is 0 Å². The highest BCUT2D eigenvalue weighted by molar-refractivity contribution is 7.89. The molecule has 3 rings (SSSR count). The first-order chi connectivity index (χ1) is 12.3. The molecule has 8 heteroatoms. The minimum Gasteiger partial charge on any atom is -0.344 e. The molecule has 0 saturated heterocycles. The van der Waals surface area contributed by atoms with Crippen LogP contribution in [0.5, 0.6) is 0 Å². The molecule has 1 heterocycles. The summed E-state index contributed by atoms with van der Waals surface area (Å²) in [7, 11) is -3.74. The lowest BCUT2D eigenvalue weighted by Crippen LogP contribution is -2.27. The molecule has 0 fully saturated rings. The van der Waals surface area contributed by atoms with Gasteiger partial charge in [-0.15, -0.1) is 0 Å². The first-order valence-electron chi connectivity index (χ1n) is 7.89. The summed E-state index contributed by atoms with van der Waals surface area (Å²) in [6.45, 7) is 1.80. The summed E-state index contributed by atoms with van der Waals surface area (Å²) in [6.07, 6.45) is 0. The van der Waals surface area contributed by atoms with E-state index >= 15 is 0 Å². The average molecular weight is 370 g/mol. The summed E-state index contributed by atoms with van der Waals surface area (Å²) in [5.41, 5.74) is 2.70. The number of carbonyl (C=O) groups excluding carboxylic acids is 1. The molecule has 1 aromatic heterocycles. The lowest BCUT2D eigenvalue weighted by molar-refractivity contribution is 0.0935. The van der Waals surface area contributed by atoms with E-state index in [1.165, 1.54) is 12.1 Å². The minimum absolute atomic E-state index is 0.0286. The van der Waals surface area contributed by atoms with Crippen LogP contribution in [-0.2, 0) is 10.0 Å². The zero-order chi connectivity index (χ0) is 18.7. The van der Waals surface area contributed by atoms with Gasteiger partial charge < -0.3 is 5.32 Å². The van der Waals surface area contributed by atoms with Gasteiger partial charge in [0.1, 0.15) is 5.69 Å². The molecular formula is C18H18N4O3S. The van der Waals surface area contributed by atoms with Crippen molar-refractivity contribution < 1.29 is 13.2 Å². The number of carbonyl (C=O) groups is 1. The van der Waals surface area contributed by atoms with Gasteiger partial charge >= 0.3 is 0 Å². The number of aromatic amines is 1. The molecule has 0 saturated carbocycles. The quantitative estimate of drug-likeness (QED) is 0.638. The maximum absolute atomic E-state index is 12.4. The number of nitrogens with two attached hydrogens (primary N) is 1. The molecule has 0 bridgehead atoms. The fourth-order valence-electron chi connectivity index (χ4n) is 2.50. The fourth-order valence-corrected chi connectivity index (χ4v) is 3.01. The SMILES string of the molecule is C[C@@H](NC(=O)c1cc(-c2ccccc2)n[nH]1)c1ccc(S(N)(=O)=O)cc1. The van der Waals surface area contributed by atoms with Crippen LogP contribution >= 0.6 is 0 Å². The molecule has 0 aliphatic rings. The third kappa shape index (κ3) is 3.98. The first kappa shape index (κ1) is 17.8. The molecule has 2 aromatic carbocycles. The second-order valence-corrected chi connectivity index (χ2v) is 7.40. The van der Waals surface area contributed by atoms with Crippen molar-refractivity contribution in [3.8, 4) is 11.3 Å². The van der Waals surface area contributed by atoms with Crippen LogP contribution in [0, 0.1) is 0 Å². The first-order valence-corrected chi connectivity index (χ1v) is 9.43. The minimum atomic E-state index is -3.74. The van der Waals surface area contributed by atoms with Crippen LogP contribution < -0.4 is 10.5 Å². The van der Waals surface area contributed by atoms with E-state index in [9.17, 15) is 13.2 Å². The fraction of sp³-hybridized carbons (Fsp3) is 0.111. The van der Waals surface area contributed by atoms with Gasteiger partial charge in [0, 0.05) is 5.56 Å². The van der Waals surface area contributed by atoms with Crippen molar-refractivity contribution in [2.24, 2.45) is 5.14 Å². The van der Waals surface area contributed by atoms with E-state index in [0.717, 1.165) is 11.1 Å². The molecule has 1 atom stereocenters. The maximum Gasteiger partial charge on any atom is 0.269 e. The summed E-state index contributed by atoms with van der Waals surface area (Å²) in [5.74, 6) is -0.303. The van der Waals surface area contributed by atoms with Crippen LogP contribution in [0.4, 0.5) is 0 Å². The lowest BCUT2D eigenvalue weighted by atomic mass is 10.1. The highest BCUT2D eigenvalue weighted by Gasteiger charge is 2.15. The third-order valence-electron chi connectivity index (χ3n) is 3.95. The standard InChI is InChI=1S/C18H18N4O3S/c1-12(13-7-9-15(10-8-13)26(19,24)25)20-18(23)17-11-16(21-22-17)14-5-3-2-4-6-14/h2-12H,1H3,(H,20,23)(H,21,22)(H2,19,24,25)/t12-/m1/s1. The Labute approximate surface area is 151 Å². The largest absolute Gasteiger partial charge is 0.344 e. The molecule has 0 radical (unpaired) electrons.